The van der Waals surface area contributed by atoms with Gasteiger partial charge in [-0.1, -0.05) is 133 Å². The second-order valence-electron chi connectivity index (χ2n) is 18.8. The first-order chi connectivity index (χ1) is 35.2. The SMILES string of the molecule is COC(=O)c1cccc([C@@H]2C[C@H](CN[C@H](C)c3cccc4ccccc34)Oc3cc(-c4cccc5c([C@@H](C)NC[C@H]6C[C@H](c7cccc(C(=O)OC)c7OC)c7ccccc7O6)cccc45)ccc32)c1OC. The minimum Gasteiger partial charge on any atom is -0.496 e. The molecular formula is C62H60N2O8. The fourth-order valence-electron chi connectivity index (χ4n) is 11.1. The van der Waals surface area contributed by atoms with Crippen LogP contribution in [0.5, 0.6) is 23.0 Å². The standard InChI is InChI=1S/C62H60N2O8/c1-37(43-20-11-17-39-16-7-8-18-45(39)43)63-36-42-34-56(52-26-15-28-54(60(52)68-4)62(66)70-6)50-31-30-40(32-58(50)72-42)46-22-13-23-47-44(21-12-24-48(46)47)38(2)64-35-41-33-55(49-19-9-10-29-57(49)71-41)51-25-14-27-53(59(51)67-3)61(65)69-5/h7-32,37-38,41-42,55-56,63-64H,33-36H2,1-6H3/t37-,38-,41-,42-,55+,56-/m1/s1. The molecule has 2 heterocycles. The molecule has 2 aliphatic rings. The molecule has 0 radical (unpaired) electrons. The van der Waals surface area contributed by atoms with Gasteiger partial charge in [0.15, 0.2) is 0 Å². The molecule has 8 aromatic rings. The van der Waals surface area contributed by atoms with Gasteiger partial charge in [0.05, 0.1) is 28.4 Å². The van der Waals surface area contributed by atoms with Crippen LogP contribution in [-0.2, 0) is 9.47 Å². The van der Waals surface area contributed by atoms with E-state index in [1.807, 2.05) is 42.5 Å². The zero-order chi connectivity index (χ0) is 49.9. The molecule has 2 N–H and O–H groups in total. The summed E-state index contributed by atoms with van der Waals surface area (Å²) in [5.74, 6) is 1.58. The summed E-state index contributed by atoms with van der Waals surface area (Å²) >= 11 is 0. The first-order valence-corrected chi connectivity index (χ1v) is 24.7. The quantitative estimate of drug-likeness (QED) is 0.0963. The third-order valence-corrected chi connectivity index (χ3v) is 14.7. The molecule has 0 amide bonds. The Bertz CT molecular complexity index is 3290. The Morgan fingerprint density at radius 2 is 1.00 bits per heavy atom. The molecule has 6 atom stereocenters. The van der Waals surface area contributed by atoms with Crippen LogP contribution in [0, 0.1) is 0 Å². The van der Waals surface area contributed by atoms with Crippen molar-refractivity contribution in [2.45, 2.75) is 62.8 Å². The number of ether oxygens (including phenoxy) is 6. The van der Waals surface area contributed by atoms with Crippen LogP contribution in [0.25, 0.3) is 32.7 Å². The van der Waals surface area contributed by atoms with E-state index < -0.39 is 11.9 Å². The predicted octanol–water partition coefficient (Wildman–Crippen LogP) is 12.5. The number of carbonyl (C=O) groups excluding carboxylic acids is 2. The van der Waals surface area contributed by atoms with Gasteiger partial charge in [-0.25, -0.2) is 9.59 Å². The summed E-state index contributed by atoms with van der Waals surface area (Å²) in [4.78, 5) is 25.8. The minimum atomic E-state index is -0.444. The Hall–Kier alpha value is -7.66. The number of fused-ring (bicyclic) bond motifs is 4. The summed E-state index contributed by atoms with van der Waals surface area (Å²) in [5.41, 5.74) is 9.24. The molecule has 0 unspecified atom stereocenters. The summed E-state index contributed by atoms with van der Waals surface area (Å²) in [6, 6.07) is 54.0. The molecule has 8 aromatic carbocycles. The zero-order valence-corrected chi connectivity index (χ0v) is 41.6. The van der Waals surface area contributed by atoms with Gasteiger partial charge in [0, 0.05) is 59.3 Å². The summed E-state index contributed by atoms with van der Waals surface area (Å²) in [7, 11) is 5.98. The van der Waals surface area contributed by atoms with Gasteiger partial charge in [-0.05, 0) is 94.8 Å². The maximum Gasteiger partial charge on any atom is 0.341 e. The van der Waals surface area contributed by atoms with Crippen LogP contribution in [0.2, 0.25) is 0 Å². The fourth-order valence-corrected chi connectivity index (χ4v) is 11.1. The largest absolute Gasteiger partial charge is 0.496 e. The minimum absolute atomic E-state index is 0.0201. The van der Waals surface area contributed by atoms with E-state index in [0.29, 0.717) is 48.6 Å². The van der Waals surface area contributed by atoms with Crippen molar-refractivity contribution in [3.8, 4) is 34.1 Å². The second-order valence-corrected chi connectivity index (χ2v) is 18.8. The van der Waals surface area contributed by atoms with Crippen LogP contribution >= 0.6 is 0 Å². The van der Waals surface area contributed by atoms with Crippen LogP contribution in [0.3, 0.4) is 0 Å². The van der Waals surface area contributed by atoms with Crippen LogP contribution in [0.4, 0.5) is 0 Å². The van der Waals surface area contributed by atoms with E-state index in [0.717, 1.165) is 55.7 Å². The highest BCUT2D eigenvalue weighted by molar-refractivity contribution is 5.99. The molecule has 366 valence electrons. The second kappa shape index (κ2) is 21.0. The van der Waals surface area contributed by atoms with Crippen molar-refractivity contribution in [2.75, 3.05) is 41.5 Å². The lowest BCUT2D eigenvalue weighted by Gasteiger charge is -2.34. The molecule has 0 saturated carbocycles. The monoisotopic (exact) mass is 960 g/mol. The van der Waals surface area contributed by atoms with Gasteiger partial charge in [-0.15, -0.1) is 0 Å². The van der Waals surface area contributed by atoms with Gasteiger partial charge < -0.3 is 39.1 Å². The molecule has 10 rings (SSSR count). The number of hydrogen-bond acceptors (Lipinski definition) is 10. The molecule has 0 saturated heterocycles. The number of para-hydroxylation sites is 3. The number of benzene rings is 8. The molecular weight excluding hydrogens is 901 g/mol. The van der Waals surface area contributed by atoms with Crippen molar-refractivity contribution in [3.63, 3.8) is 0 Å². The normalized spacial score (nSPS) is 17.9. The molecule has 0 fully saturated rings. The van der Waals surface area contributed by atoms with Gasteiger partial charge >= 0.3 is 11.9 Å². The van der Waals surface area contributed by atoms with Crippen molar-refractivity contribution >= 4 is 33.5 Å². The Morgan fingerprint density at radius 1 is 0.514 bits per heavy atom. The zero-order valence-electron chi connectivity index (χ0n) is 41.6. The maximum absolute atomic E-state index is 13.0. The maximum atomic E-state index is 13.0. The van der Waals surface area contributed by atoms with E-state index >= 15 is 0 Å². The predicted molar refractivity (Wildman–Crippen MR) is 283 cm³/mol. The Balaban J connectivity index is 0.934. The molecule has 0 aliphatic carbocycles. The number of hydrogen-bond donors (Lipinski definition) is 2. The molecule has 0 aromatic heterocycles. The van der Waals surface area contributed by atoms with Crippen LogP contribution < -0.4 is 29.6 Å². The topological polar surface area (TPSA) is 114 Å². The highest BCUT2D eigenvalue weighted by Gasteiger charge is 2.35. The Morgan fingerprint density at radius 3 is 1.64 bits per heavy atom. The average molecular weight is 961 g/mol. The van der Waals surface area contributed by atoms with Gasteiger partial charge in [0.2, 0.25) is 0 Å². The van der Waals surface area contributed by atoms with Crippen LogP contribution in [-0.4, -0.2) is 65.7 Å². The summed E-state index contributed by atoms with van der Waals surface area (Å²) in [6.45, 7) is 5.59. The van der Waals surface area contributed by atoms with Crippen LogP contribution in [0.1, 0.15) is 105 Å². The van der Waals surface area contributed by atoms with Gasteiger partial charge in [0.1, 0.15) is 46.3 Å². The molecule has 0 bridgehead atoms. The fraction of sp³-hybridized carbons (Fsp3) is 0.258. The molecule has 2 aliphatic heterocycles. The lowest BCUT2D eigenvalue weighted by molar-refractivity contribution is 0.0587. The number of esters is 2. The summed E-state index contributed by atoms with van der Waals surface area (Å²) in [6.07, 6.45) is 0.993. The molecule has 0 spiro atoms. The summed E-state index contributed by atoms with van der Waals surface area (Å²) in [5, 5.41) is 12.4. The molecule has 10 heteroatoms. The van der Waals surface area contributed by atoms with E-state index in [2.05, 4.69) is 128 Å². The van der Waals surface area contributed by atoms with Crippen molar-refractivity contribution in [2.24, 2.45) is 0 Å². The number of methoxy groups -OCH3 is 4. The van der Waals surface area contributed by atoms with Crippen molar-refractivity contribution < 1.29 is 38.0 Å². The lowest BCUT2D eigenvalue weighted by Crippen LogP contribution is -2.37. The van der Waals surface area contributed by atoms with Gasteiger partial charge in [0.25, 0.3) is 0 Å². The number of rotatable bonds is 15. The average Bonchev–Trinajstić information content (AvgIpc) is 3.43. The van der Waals surface area contributed by atoms with E-state index in [1.54, 1.807) is 26.4 Å². The molecule has 10 nitrogen and oxygen atoms in total. The van der Waals surface area contributed by atoms with Crippen molar-refractivity contribution in [1.29, 1.82) is 0 Å². The third-order valence-electron chi connectivity index (χ3n) is 14.7. The molecule has 72 heavy (non-hydrogen) atoms. The first kappa shape index (κ1) is 48.0. The smallest absolute Gasteiger partial charge is 0.341 e. The first-order valence-electron chi connectivity index (χ1n) is 24.7. The van der Waals surface area contributed by atoms with E-state index in [-0.39, 0.29) is 36.1 Å². The lowest BCUT2D eigenvalue weighted by atomic mass is 9.82. The highest BCUT2D eigenvalue weighted by atomic mass is 16.5. The van der Waals surface area contributed by atoms with Crippen molar-refractivity contribution in [3.05, 3.63) is 202 Å². The van der Waals surface area contributed by atoms with E-state index in [1.165, 1.54) is 36.1 Å². The van der Waals surface area contributed by atoms with Gasteiger partial charge in [-0.2, -0.15) is 0 Å². The van der Waals surface area contributed by atoms with E-state index in [9.17, 15) is 9.59 Å². The van der Waals surface area contributed by atoms with E-state index in [4.69, 9.17) is 28.4 Å². The summed E-state index contributed by atoms with van der Waals surface area (Å²) < 4.78 is 35.8. The Labute approximate surface area is 421 Å². The van der Waals surface area contributed by atoms with Gasteiger partial charge in [-0.3, -0.25) is 0 Å². The number of nitrogens with one attached hydrogen (secondary N) is 2. The highest BCUT2D eigenvalue weighted by Crippen LogP contribution is 2.48. The Kier molecular flexibility index (Phi) is 14.0. The third kappa shape index (κ3) is 9.24. The van der Waals surface area contributed by atoms with Crippen LogP contribution in [0.15, 0.2) is 158 Å². The van der Waals surface area contributed by atoms with Crippen molar-refractivity contribution in [1.82, 2.24) is 10.6 Å². The number of carbonyl (C=O) groups is 2.